The van der Waals surface area contributed by atoms with E-state index in [0.717, 1.165) is 3.57 Å². The van der Waals surface area contributed by atoms with Gasteiger partial charge in [0.05, 0.1) is 6.54 Å². The fourth-order valence-corrected chi connectivity index (χ4v) is 1.85. The zero-order chi connectivity index (χ0) is 14.4. The number of hydrogen-bond acceptors (Lipinski definition) is 3. The number of nitrogens with zero attached hydrogens (tertiary/aromatic N) is 1. The molecule has 0 heterocycles. The Hall–Kier alpha value is -1.31. The third-order valence-corrected chi connectivity index (χ3v) is 3.16. The first-order valence-electron chi connectivity index (χ1n) is 5.86. The fraction of sp³-hybridized carbons (Fsp3) is 0.385. The second-order valence-electron chi connectivity index (χ2n) is 4.32. The van der Waals surface area contributed by atoms with E-state index in [9.17, 15) is 9.59 Å². The number of hydrogen-bond donors (Lipinski definition) is 1. The molecule has 0 atom stereocenters. The molecule has 1 aromatic carbocycles. The predicted octanol–water partition coefficient (Wildman–Crippen LogP) is 1.39. The van der Waals surface area contributed by atoms with Crippen molar-refractivity contribution in [1.82, 2.24) is 4.90 Å². The normalized spacial score (nSPS) is 10.3. The first kappa shape index (κ1) is 15.7. The van der Waals surface area contributed by atoms with Crippen LogP contribution in [0.3, 0.4) is 0 Å². The molecule has 0 aromatic heterocycles. The van der Waals surface area contributed by atoms with Crippen LogP contribution in [-0.2, 0) is 9.59 Å². The third-order valence-electron chi connectivity index (χ3n) is 2.45. The Morgan fingerprint density at radius 3 is 2.37 bits per heavy atom. The number of nitrogens with two attached hydrogens (primary N) is 1. The maximum atomic E-state index is 12.0. The summed E-state index contributed by atoms with van der Waals surface area (Å²) in [4.78, 5) is 24.3. The fourth-order valence-electron chi connectivity index (χ4n) is 1.49. The standard InChI is InChI=1S/C13H17IN2O3/c1-9(2)16(7-12(15)17)13(18)8-19-11-5-3-10(14)4-6-11/h3-6,9H,7-8H2,1-2H3,(H2,15,17). The molecule has 0 radical (unpaired) electrons. The number of benzene rings is 1. The zero-order valence-electron chi connectivity index (χ0n) is 10.9. The molecule has 6 heteroatoms. The number of ether oxygens (including phenoxy) is 1. The van der Waals surface area contributed by atoms with Gasteiger partial charge in [0.2, 0.25) is 5.91 Å². The van der Waals surface area contributed by atoms with Gasteiger partial charge in [-0.2, -0.15) is 0 Å². The van der Waals surface area contributed by atoms with Crippen molar-refractivity contribution in [3.8, 4) is 5.75 Å². The van der Waals surface area contributed by atoms with Crippen LogP contribution in [0.4, 0.5) is 0 Å². The van der Waals surface area contributed by atoms with Crippen LogP contribution < -0.4 is 10.5 Å². The van der Waals surface area contributed by atoms with Gasteiger partial charge in [0.1, 0.15) is 5.75 Å². The summed E-state index contributed by atoms with van der Waals surface area (Å²) < 4.78 is 6.48. The predicted molar refractivity (Wildman–Crippen MR) is 80.7 cm³/mol. The lowest BCUT2D eigenvalue weighted by Gasteiger charge is -2.25. The molecule has 0 aliphatic carbocycles. The van der Waals surface area contributed by atoms with Crippen molar-refractivity contribution in [3.63, 3.8) is 0 Å². The van der Waals surface area contributed by atoms with Crippen molar-refractivity contribution >= 4 is 34.4 Å². The van der Waals surface area contributed by atoms with Crippen molar-refractivity contribution in [2.75, 3.05) is 13.2 Å². The molecule has 1 aromatic rings. The summed E-state index contributed by atoms with van der Waals surface area (Å²) in [6, 6.07) is 7.28. The van der Waals surface area contributed by atoms with Crippen LogP contribution in [0.15, 0.2) is 24.3 Å². The quantitative estimate of drug-likeness (QED) is 0.763. The molecule has 0 spiro atoms. The summed E-state index contributed by atoms with van der Waals surface area (Å²) >= 11 is 2.19. The summed E-state index contributed by atoms with van der Waals surface area (Å²) in [6.45, 7) is 3.45. The Labute approximate surface area is 126 Å². The molecule has 0 aliphatic heterocycles. The Bertz CT molecular complexity index is 446. The van der Waals surface area contributed by atoms with E-state index < -0.39 is 5.91 Å². The summed E-state index contributed by atoms with van der Waals surface area (Å²) in [6.07, 6.45) is 0. The van der Waals surface area contributed by atoms with Gasteiger partial charge in [-0.25, -0.2) is 0 Å². The number of primary amides is 1. The van der Waals surface area contributed by atoms with Crippen molar-refractivity contribution in [3.05, 3.63) is 27.8 Å². The molecule has 0 aliphatic rings. The van der Waals surface area contributed by atoms with Gasteiger partial charge in [-0.1, -0.05) is 0 Å². The van der Waals surface area contributed by atoms with E-state index in [-0.39, 0.29) is 25.1 Å². The molecular formula is C13H17IN2O3. The lowest BCUT2D eigenvalue weighted by atomic mass is 10.3. The SMILES string of the molecule is CC(C)N(CC(N)=O)C(=O)COc1ccc(I)cc1. The van der Waals surface area contributed by atoms with Crippen LogP contribution in [0.2, 0.25) is 0 Å². The van der Waals surface area contributed by atoms with Crippen molar-refractivity contribution < 1.29 is 14.3 Å². The molecule has 2 N–H and O–H groups in total. The number of carbonyl (C=O) groups is 2. The maximum absolute atomic E-state index is 12.0. The molecule has 1 rings (SSSR count). The lowest BCUT2D eigenvalue weighted by molar-refractivity contribution is -0.138. The first-order valence-corrected chi connectivity index (χ1v) is 6.94. The minimum Gasteiger partial charge on any atom is -0.484 e. The number of amides is 2. The molecular weight excluding hydrogens is 359 g/mol. The van der Waals surface area contributed by atoms with E-state index in [2.05, 4.69) is 22.6 Å². The smallest absolute Gasteiger partial charge is 0.261 e. The first-order chi connectivity index (χ1) is 8.90. The zero-order valence-corrected chi connectivity index (χ0v) is 13.1. The highest BCUT2D eigenvalue weighted by atomic mass is 127. The Balaban J connectivity index is 2.57. The topological polar surface area (TPSA) is 72.6 Å². The van der Waals surface area contributed by atoms with Gasteiger partial charge in [-0.3, -0.25) is 9.59 Å². The minimum atomic E-state index is -0.531. The van der Waals surface area contributed by atoms with Gasteiger partial charge in [0, 0.05) is 9.61 Å². The summed E-state index contributed by atoms with van der Waals surface area (Å²) in [5.41, 5.74) is 5.12. The van der Waals surface area contributed by atoms with E-state index in [1.165, 1.54) is 4.90 Å². The largest absolute Gasteiger partial charge is 0.484 e. The average Bonchev–Trinajstić information content (AvgIpc) is 2.34. The second-order valence-corrected chi connectivity index (χ2v) is 5.57. The summed E-state index contributed by atoms with van der Waals surface area (Å²) in [5.74, 6) is -0.166. The molecule has 0 fully saturated rings. The van der Waals surface area contributed by atoms with Crippen LogP contribution in [0.25, 0.3) is 0 Å². The molecule has 0 saturated carbocycles. The molecule has 5 nitrogen and oxygen atoms in total. The van der Waals surface area contributed by atoms with Gasteiger partial charge in [0.15, 0.2) is 6.61 Å². The van der Waals surface area contributed by atoms with Crippen LogP contribution >= 0.6 is 22.6 Å². The van der Waals surface area contributed by atoms with E-state index in [0.29, 0.717) is 5.75 Å². The van der Waals surface area contributed by atoms with Gasteiger partial charge in [0.25, 0.3) is 5.91 Å². The molecule has 19 heavy (non-hydrogen) atoms. The molecule has 0 saturated heterocycles. The summed E-state index contributed by atoms with van der Waals surface area (Å²) in [7, 11) is 0. The van der Waals surface area contributed by atoms with Crippen LogP contribution in [0.1, 0.15) is 13.8 Å². The highest BCUT2D eigenvalue weighted by Crippen LogP contribution is 2.13. The monoisotopic (exact) mass is 376 g/mol. The van der Waals surface area contributed by atoms with E-state index in [1.54, 1.807) is 12.1 Å². The lowest BCUT2D eigenvalue weighted by Crippen LogP contribution is -2.44. The van der Waals surface area contributed by atoms with Crippen molar-refractivity contribution in [1.29, 1.82) is 0 Å². The maximum Gasteiger partial charge on any atom is 0.261 e. The van der Waals surface area contributed by atoms with Crippen LogP contribution in [0, 0.1) is 3.57 Å². The van der Waals surface area contributed by atoms with E-state index >= 15 is 0 Å². The van der Waals surface area contributed by atoms with Gasteiger partial charge < -0.3 is 15.4 Å². The van der Waals surface area contributed by atoms with Crippen molar-refractivity contribution in [2.24, 2.45) is 5.73 Å². The Morgan fingerprint density at radius 2 is 1.89 bits per heavy atom. The Kier molecular flexibility index (Phi) is 6.07. The molecule has 0 unspecified atom stereocenters. The minimum absolute atomic E-state index is 0.0907. The van der Waals surface area contributed by atoms with E-state index in [4.69, 9.17) is 10.5 Å². The van der Waals surface area contributed by atoms with Gasteiger partial charge in [-0.15, -0.1) is 0 Å². The summed E-state index contributed by atoms with van der Waals surface area (Å²) in [5, 5.41) is 0. The van der Waals surface area contributed by atoms with Gasteiger partial charge >= 0.3 is 0 Å². The number of halogens is 1. The average molecular weight is 376 g/mol. The van der Waals surface area contributed by atoms with Gasteiger partial charge in [-0.05, 0) is 60.7 Å². The highest BCUT2D eigenvalue weighted by molar-refractivity contribution is 14.1. The second kappa shape index (κ2) is 7.32. The van der Waals surface area contributed by atoms with Crippen LogP contribution in [0.5, 0.6) is 5.75 Å². The number of carbonyl (C=O) groups excluding carboxylic acids is 2. The van der Waals surface area contributed by atoms with Crippen LogP contribution in [-0.4, -0.2) is 35.9 Å². The number of rotatable bonds is 6. The van der Waals surface area contributed by atoms with E-state index in [1.807, 2.05) is 26.0 Å². The third kappa shape index (κ3) is 5.46. The molecule has 104 valence electrons. The molecule has 0 bridgehead atoms. The Morgan fingerprint density at radius 1 is 1.32 bits per heavy atom. The molecule has 2 amide bonds. The van der Waals surface area contributed by atoms with Crippen molar-refractivity contribution in [2.45, 2.75) is 19.9 Å². The highest BCUT2D eigenvalue weighted by Gasteiger charge is 2.19.